The standard InChI is InChI=1S/C21H16F9N5O3/c1-9-4-10(2-3-11(9)18(37)32-8-15(36)34-17(24)16(22)23)12-5-19(38-35-12,21(28,29)30)13-6-31-7-14(33-13)20(25,26)27/h2-4,6-7,16-17H,5,8H2,1H3,(H,32,37)(H,34,36). The van der Waals surface area contributed by atoms with E-state index in [9.17, 15) is 49.1 Å². The van der Waals surface area contributed by atoms with Gasteiger partial charge in [0.2, 0.25) is 12.2 Å². The number of rotatable bonds is 7. The third kappa shape index (κ3) is 5.96. The Morgan fingerprint density at radius 2 is 1.79 bits per heavy atom. The Hall–Kier alpha value is -3.92. The molecule has 0 radical (unpaired) electrons. The van der Waals surface area contributed by atoms with E-state index >= 15 is 0 Å². The molecule has 0 spiro atoms. The molecule has 2 N–H and O–H groups in total. The maximum absolute atomic E-state index is 14.0. The van der Waals surface area contributed by atoms with E-state index in [1.165, 1.54) is 24.4 Å². The molecule has 17 heteroatoms. The second kappa shape index (κ2) is 10.4. The van der Waals surface area contributed by atoms with Gasteiger partial charge >= 0.3 is 12.4 Å². The van der Waals surface area contributed by atoms with E-state index in [2.05, 4.69) is 25.3 Å². The van der Waals surface area contributed by atoms with E-state index in [1.54, 1.807) is 0 Å². The summed E-state index contributed by atoms with van der Waals surface area (Å²) in [5.74, 6) is -2.12. The topological polar surface area (TPSA) is 106 Å². The number of nitrogens with one attached hydrogen (secondary N) is 2. The van der Waals surface area contributed by atoms with Crippen molar-refractivity contribution in [3.63, 3.8) is 0 Å². The Morgan fingerprint density at radius 3 is 2.37 bits per heavy atom. The summed E-state index contributed by atoms with van der Waals surface area (Å²) in [6.07, 6.45) is -17.0. The van der Waals surface area contributed by atoms with Crippen LogP contribution in [0.25, 0.3) is 0 Å². The number of hydrogen-bond acceptors (Lipinski definition) is 6. The van der Waals surface area contributed by atoms with Gasteiger partial charge in [0.1, 0.15) is 5.69 Å². The van der Waals surface area contributed by atoms with Crippen LogP contribution in [0, 0.1) is 6.92 Å². The van der Waals surface area contributed by atoms with E-state index < -0.39 is 66.8 Å². The molecule has 0 aliphatic carbocycles. The number of benzene rings is 1. The average molecular weight is 557 g/mol. The average Bonchev–Trinajstić information content (AvgIpc) is 3.29. The predicted octanol–water partition coefficient (Wildman–Crippen LogP) is 3.79. The van der Waals surface area contributed by atoms with Gasteiger partial charge < -0.3 is 15.5 Å². The van der Waals surface area contributed by atoms with E-state index in [4.69, 9.17) is 0 Å². The number of amides is 2. The highest BCUT2D eigenvalue weighted by Crippen LogP contribution is 2.48. The summed E-state index contributed by atoms with van der Waals surface area (Å²) in [6.45, 7) is 0.526. The fraction of sp³-hybridized carbons (Fsp3) is 0.381. The van der Waals surface area contributed by atoms with Crippen LogP contribution >= 0.6 is 0 Å². The van der Waals surface area contributed by atoms with Crippen molar-refractivity contribution in [1.82, 2.24) is 20.6 Å². The van der Waals surface area contributed by atoms with Crippen molar-refractivity contribution in [2.75, 3.05) is 6.54 Å². The van der Waals surface area contributed by atoms with Gasteiger partial charge in [0.15, 0.2) is 5.69 Å². The summed E-state index contributed by atoms with van der Waals surface area (Å²) in [4.78, 5) is 34.7. The first kappa shape index (κ1) is 28.6. The van der Waals surface area contributed by atoms with E-state index in [-0.39, 0.29) is 28.6 Å². The van der Waals surface area contributed by atoms with Crippen LogP contribution in [0.5, 0.6) is 0 Å². The number of alkyl halides is 9. The molecule has 1 aromatic heterocycles. The Labute approximate surface area is 207 Å². The first-order chi connectivity index (χ1) is 17.5. The van der Waals surface area contributed by atoms with Crippen LogP contribution in [0.2, 0.25) is 0 Å². The molecule has 206 valence electrons. The van der Waals surface area contributed by atoms with Gasteiger partial charge in [-0.15, -0.1) is 0 Å². The molecule has 0 fully saturated rings. The second-order valence-electron chi connectivity index (χ2n) is 7.93. The highest BCUT2D eigenvalue weighted by molar-refractivity contribution is 6.04. The molecular weight excluding hydrogens is 541 g/mol. The molecule has 0 saturated heterocycles. The normalized spacial score (nSPS) is 18.6. The van der Waals surface area contributed by atoms with Crippen LogP contribution in [0.15, 0.2) is 35.7 Å². The van der Waals surface area contributed by atoms with Crippen molar-refractivity contribution in [3.8, 4) is 0 Å². The van der Waals surface area contributed by atoms with Crippen molar-refractivity contribution in [3.05, 3.63) is 58.7 Å². The Balaban J connectivity index is 1.78. The van der Waals surface area contributed by atoms with Crippen molar-refractivity contribution in [1.29, 1.82) is 0 Å². The molecular formula is C21H16F9N5O3. The van der Waals surface area contributed by atoms with Crippen molar-refractivity contribution >= 4 is 17.5 Å². The SMILES string of the molecule is Cc1cc(C2=NOC(c3cncc(C(F)(F)F)n3)(C(F)(F)F)C2)ccc1C(=O)NCC(=O)NC(F)C(F)F. The number of carbonyl (C=O) groups excluding carboxylic acids is 2. The number of oxime groups is 1. The Kier molecular flexibility index (Phi) is 7.88. The van der Waals surface area contributed by atoms with E-state index in [0.29, 0.717) is 6.20 Å². The summed E-state index contributed by atoms with van der Waals surface area (Å²) in [7, 11) is 0. The van der Waals surface area contributed by atoms with Crippen molar-refractivity contribution in [2.24, 2.45) is 5.16 Å². The van der Waals surface area contributed by atoms with Gasteiger partial charge in [0.25, 0.3) is 17.9 Å². The van der Waals surface area contributed by atoms with Crippen molar-refractivity contribution in [2.45, 2.75) is 44.0 Å². The van der Waals surface area contributed by atoms with Gasteiger partial charge in [-0.2, -0.15) is 26.3 Å². The summed E-state index contributed by atoms with van der Waals surface area (Å²) < 4.78 is 118. The first-order valence-corrected chi connectivity index (χ1v) is 10.4. The lowest BCUT2D eigenvalue weighted by Crippen LogP contribution is -2.44. The summed E-state index contributed by atoms with van der Waals surface area (Å²) in [5.41, 5.74) is -6.38. The first-order valence-electron chi connectivity index (χ1n) is 10.4. The lowest BCUT2D eigenvalue weighted by molar-refractivity contribution is -0.277. The molecule has 0 saturated carbocycles. The molecule has 38 heavy (non-hydrogen) atoms. The molecule has 2 unspecified atom stereocenters. The second-order valence-corrected chi connectivity index (χ2v) is 7.93. The fourth-order valence-electron chi connectivity index (χ4n) is 3.34. The van der Waals surface area contributed by atoms with Crippen LogP contribution in [0.3, 0.4) is 0 Å². The molecule has 2 atom stereocenters. The molecule has 2 amide bonds. The summed E-state index contributed by atoms with van der Waals surface area (Å²) in [5, 5.41) is 6.81. The van der Waals surface area contributed by atoms with Gasteiger partial charge in [0.05, 0.1) is 31.1 Å². The molecule has 1 aromatic carbocycles. The number of aryl methyl sites for hydroxylation is 1. The zero-order valence-corrected chi connectivity index (χ0v) is 18.9. The minimum Gasteiger partial charge on any atom is -0.372 e. The largest absolute Gasteiger partial charge is 0.437 e. The number of nitrogens with zero attached hydrogens (tertiary/aromatic N) is 3. The van der Waals surface area contributed by atoms with Gasteiger partial charge in [-0.3, -0.25) is 14.6 Å². The highest BCUT2D eigenvalue weighted by atomic mass is 19.4. The van der Waals surface area contributed by atoms with Gasteiger partial charge in [0, 0.05) is 5.56 Å². The van der Waals surface area contributed by atoms with Crippen LogP contribution in [-0.4, -0.2) is 52.9 Å². The molecule has 1 aliphatic rings. The molecule has 8 nitrogen and oxygen atoms in total. The summed E-state index contributed by atoms with van der Waals surface area (Å²) in [6, 6.07) is 3.55. The quantitative estimate of drug-likeness (QED) is 0.398. The maximum atomic E-state index is 14.0. The Bertz CT molecular complexity index is 1250. The minimum atomic E-state index is -5.25. The lowest BCUT2D eigenvalue weighted by Gasteiger charge is -2.28. The lowest BCUT2D eigenvalue weighted by atomic mass is 9.89. The van der Waals surface area contributed by atoms with Crippen molar-refractivity contribution < 1.29 is 53.9 Å². The smallest absolute Gasteiger partial charge is 0.372 e. The van der Waals surface area contributed by atoms with Crippen LogP contribution in [0.4, 0.5) is 39.5 Å². The Morgan fingerprint density at radius 1 is 1.11 bits per heavy atom. The zero-order valence-electron chi connectivity index (χ0n) is 18.9. The summed E-state index contributed by atoms with van der Waals surface area (Å²) >= 11 is 0. The van der Waals surface area contributed by atoms with Gasteiger partial charge in [-0.05, 0) is 30.2 Å². The van der Waals surface area contributed by atoms with Gasteiger partial charge in [-0.1, -0.05) is 11.2 Å². The van der Waals surface area contributed by atoms with Gasteiger partial charge in [-0.25, -0.2) is 18.2 Å². The maximum Gasteiger partial charge on any atom is 0.437 e. The number of halogens is 9. The third-order valence-corrected chi connectivity index (χ3v) is 5.26. The van der Waals surface area contributed by atoms with Crippen LogP contribution < -0.4 is 10.6 Å². The fourth-order valence-corrected chi connectivity index (χ4v) is 3.34. The number of carbonyl (C=O) groups is 2. The highest BCUT2D eigenvalue weighted by Gasteiger charge is 2.64. The third-order valence-electron chi connectivity index (χ3n) is 5.26. The molecule has 3 rings (SSSR count). The zero-order chi connectivity index (χ0) is 28.5. The predicted molar refractivity (Wildman–Crippen MR) is 110 cm³/mol. The minimum absolute atomic E-state index is 0.0278. The molecule has 1 aliphatic heterocycles. The molecule has 2 heterocycles. The molecule has 0 bridgehead atoms. The monoisotopic (exact) mass is 557 g/mol. The van der Waals surface area contributed by atoms with Crippen LogP contribution in [0.1, 0.15) is 39.3 Å². The number of hydrogen-bond donors (Lipinski definition) is 2. The number of aromatic nitrogens is 2. The van der Waals surface area contributed by atoms with Crippen LogP contribution in [-0.2, 0) is 21.4 Å². The van der Waals surface area contributed by atoms with E-state index in [1.807, 2.05) is 0 Å². The molecule has 2 aromatic rings. The van der Waals surface area contributed by atoms with E-state index in [0.717, 1.165) is 6.07 Å².